The van der Waals surface area contributed by atoms with Crippen LogP contribution in [0.3, 0.4) is 0 Å². The van der Waals surface area contributed by atoms with Crippen molar-refractivity contribution >= 4 is 5.97 Å². The van der Waals surface area contributed by atoms with Crippen LogP contribution in [0.2, 0.25) is 0 Å². The fourth-order valence-corrected chi connectivity index (χ4v) is 4.14. The van der Waals surface area contributed by atoms with E-state index in [1.54, 1.807) is 0 Å². The number of rotatable bonds is 4. The second-order valence-corrected chi connectivity index (χ2v) is 6.71. The summed E-state index contributed by atoms with van der Waals surface area (Å²) < 4.78 is 6.41. The summed E-state index contributed by atoms with van der Waals surface area (Å²) in [5.74, 6) is 0.411. The van der Waals surface area contributed by atoms with Gasteiger partial charge in [0.15, 0.2) is 0 Å². The number of esters is 1. The summed E-state index contributed by atoms with van der Waals surface area (Å²) in [6, 6.07) is 9.61. The molecule has 21 heavy (non-hydrogen) atoms. The minimum atomic E-state index is -0.254. The van der Waals surface area contributed by atoms with Gasteiger partial charge in [-0.25, -0.2) is 0 Å². The molecule has 2 unspecified atom stereocenters. The SMILES string of the molecule is CC(=O)Oc1cccc(CC[N+]2(C)C3C[CH]CC2CC3)c1. The second kappa shape index (κ2) is 5.80. The average Bonchev–Trinajstić information content (AvgIpc) is 2.65. The summed E-state index contributed by atoms with van der Waals surface area (Å²) in [6.07, 6.45) is 8.86. The second-order valence-electron chi connectivity index (χ2n) is 6.71. The van der Waals surface area contributed by atoms with Gasteiger partial charge in [-0.3, -0.25) is 4.79 Å². The molecule has 1 radical (unpaired) electrons. The first-order valence-electron chi connectivity index (χ1n) is 8.02. The lowest BCUT2D eigenvalue weighted by molar-refractivity contribution is -0.946. The molecular weight excluding hydrogens is 262 g/mol. The van der Waals surface area contributed by atoms with Crippen LogP contribution in [0.25, 0.3) is 0 Å². The maximum absolute atomic E-state index is 11.0. The Labute approximate surface area is 127 Å². The molecule has 0 amide bonds. The van der Waals surface area contributed by atoms with Crippen LogP contribution in [0.15, 0.2) is 24.3 Å². The molecule has 3 heteroatoms. The van der Waals surface area contributed by atoms with Gasteiger partial charge in [0.05, 0.1) is 25.7 Å². The highest BCUT2D eigenvalue weighted by Gasteiger charge is 2.47. The standard InChI is InChI=1S/C18H25NO2/c1-14(20)21-18-8-3-5-15(13-18)11-12-19(2)16-6-4-7-17(19)10-9-16/h3-5,8,13,16-17H,6-7,9-12H2,1-2H3/q+1. The van der Waals surface area contributed by atoms with Gasteiger partial charge in [-0.15, -0.1) is 0 Å². The van der Waals surface area contributed by atoms with Crippen molar-refractivity contribution in [3.63, 3.8) is 0 Å². The number of hydrogen-bond acceptors (Lipinski definition) is 2. The van der Waals surface area contributed by atoms with Gasteiger partial charge in [0.2, 0.25) is 0 Å². The van der Waals surface area contributed by atoms with Crippen molar-refractivity contribution < 1.29 is 14.0 Å². The first-order chi connectivity index (χ1) is 10.1. The van der Waals surface area contributed by atoms with Gasteiger partial charge in [0.25, 0.3) is 0 Å². The minimum absolute atomic E-state index is 0.254. The fraction of sp³-hybridized carbons (Fsp3) is 0.556. The summed E-state index contributed by atoms with van der Waals surface area (Å²) >= 11 is 0. The number of carbonyl (C=O) groups excluding carboxylic acids is 1. The van der Waals surface area contributed by atoms with Crippen molar-refractivity contribution in [1.82, 2.24) is 0 Å². The zero-order chi connectivity index (χ0) is 14.9. The molecule has 2 aliphatic heterocycles. The van der Waals surface area contributed by atoms with E-state index >= 15 is 0 Å². The van der Waals surface area contributed by atoms with Crippen LogP contribution in [-0.4, -0.2) is 36.1 Å². The topological polar surface area (TPSA) is 26.3 Å². The third-order valence-electron chi connectivity index (χ3n) is 5.42. The smallest absolute Gasteiger partial charge is 0.308 e. The van der Waals surface area contributed by atoms with Gasteiger partial charge >= 0.3 is 5.97 Å². The molecule has 2 aliphatic rings. The Hall–Kier alpha value is -1.35. The molecule has 0 spiro atoms. The van der Waals surface area contributed by atoms with E-state index in [4.69, 9.17) is 4.74 Å². The van der Waals surface area contributed by atoms with E-state index < -0.39 is 0 Å². The number of ether oxygens (including phenoxy) is 1. The molecule has 1 aromatic rings. The van der Waals surface area contributed by atoms with Gasteiger partial charge in [-0.05, 0) is 24.1 Å². The Bertz CT molecular complexity index is 510. The molecule has 2 bridgehead atoms. The lowest BCUT2D eigenvalue weighted by Gasteiger charge is -2.44. The van der Waals surface area contributed by atoms with E-state index in [1.165, 1.54) is 49.2 Å². The number of piperidine rings is 1. The van der Waals surface area contributed by atoms with Gasteiger partial charge in [-0.2, -0.15) is 0 Å². The molecule has 3 nitrogen and oxygen atoms in total. The highest BCUT2D eigenvalue weighted by molar-refractivity contribution is 5.69. The normalized spacial score (nSPS) is 31.1. The maximum atomic E-state index is 11.0. The van der Waals surface area contributed by atoms with Crippen molar-refractivity contribution in [2.24, 2.45) is 0 Å². The Morgan fingerprint density at radius 3 is 2.67 bits per heavy atom. The molecule has 0 aromatic heterocycles. The van der Waals surface area contributed by atoms with E-state index in [0.29, 0.717) is 5.75 Å². The van der Waals surface area contributed by atoms with E-state index in [1.807, 2.05) is 18.2 Å². The third-order valence-corrected chi connectivity index (χ3v) is 5.42. The number of hydrogen-bond donors (Lipinski definition) is 0. The molecule has 3 rings (SSSR count). The van der Waals surface area contributed by atoms with E-state index in [0.717, 1.165) is 18.5 Å². The number of nitrogens with zero attached hydrogens (tertiary/aromatic N) is 1. The van der Waals surface area contributed by atoms with E-state index in [9.17, 15) is 4.79 Å². The number of benzene rings is 1. The van der Waals surface area contributed by atoms with Crippen LogP contribution in [0.5, 0.6) is 5.75 Å². The molecule has 2 atom stereocenters. The Morgan fingerprint density at radius 2 is 2.00 bits per heavy atom. The molecule has 2 fully saturated rings. The van der Waals surface area contributed by atoms with E-state index in [-0.39, 0.29) is 5.97 Å². The average molecular weight is 287 g/mol. The molecule has 0 saturated carbocycles. The van der Waals surface area contributed by atoms with Crippen LogP contribution in [0.4, 0.5) is 0 Å². The fourth-order valence-electron chi connectivity index (χ4n) is 4.14. The number of fused-ring (bicyclic) bond motifs is 2. The summed E-state index contributed by atoms with van der Waals surface area (Å²) in [6.45, 7) is 2.63. The summed E-state index contributed by atoms with van der Waals surface area (Å²) in [5, 5.41) is 0. The third kappa shape index (κ3) is 2.98. The first-order valence-corrected chi connectivity index (χ1v) is 8.02. The van der Waals surface area contributed by atoms with Crippen LogP contribution < -0.4 is 4.74 Å². The zero-order valence-electron chi connectivity index (χ0n) is 13.0. The van der Waals surface area contributed by atoms with Crippen LogP contribution in [0.1, 0.15) is 38.2 Å². The van der Waals surface area contributed by atoms with E-state index in [2.05, 4.69) is 19.5 Å². The monoisotopic (exact) mass is 287 g/mol. The maximum Gasteiger partial charge on any atom is 0.308 e. The van der Waals surface area contributed by atoms with Crippen molar-refractivity contribution in [2.75, 3.05) is 13.6 Å². The molecule has 113 valence electrons. The molecular formula is C18H25NO2+. The molecule has 0 N–H and O–H groups in total. The van der Waals surface area contributed by atoms with Crippen molar-refractivity contribution in [3.8, 4) is 5.75 Å². The van der Waals surface area contributed by atoms with Gasteiger partial charge in [-0.1, -0.05) is 12.1 Å². The quantitative estimate of drug-likeness (QED) is 0.483. The lowest BCUT2D eigenvalue weighted by Crippen LogP contribution is -2.56. The van der Waals surface area contributed by atoms with Gasteiger partial charge < -0.3 is 9.22 Å². The predicted octanol–water partition coefficient (Wildman–Crippen LogP) is 3.13. The van der Waals surface area contributed by atoms with Crippen LogP contribution in [0, 0.1) is 6.42 Å². The highest BCUT2D eigenvalue weighted by Crippen LogP contribution is 2.40. The summed E-state index contributed by atoms with van der Waals surface area (Å²) in [5.41, 5.74) is 1.27. The Balaban J connectivity index is 1.66. The van der Waals surface area contributed by atoms with Crippen LogP contribution in [-0.2, 0) is 11.2 Å². The molecule has 2 saturated heterocycles. The van der Waals surface area contributed by atoms with Gasteiger partial charge in [0.1, 0.15) is 5.75 Å². The largest absolute Gasteiger partial charge is 0.427 e. The Morgan fingerprint density at radius 1 is 1.29 bits per heavy atom. The Kier molecular flexibility index (Phi) is 4.03. The summed E-state index contributed by atoms with van der Waals surface area (Å²) in [7, 11) is 2.44. The van der Waals surface area contributed by atoms with Crippen molar-refractivity contribution in [2.45, 2.75) is 51.1 Å². The molecule has 0 aliphatic carbocycles. The zero-order valence-corrected chi connectivity index (χ0v) is 13.0. The number of likely N-dealkylation sites (N-methyl/N-ethyl adjacent to an activating group) is 1. The number of carbonyl (C=O) groups is 1. The molecule has 2 heterocycles. The minimum Gasteiger partial charge on any atom is -0.427 e. The van der Waals surface area contributed by atoms with Gasteiger partial charge in [0, 0.05) is 39.0 Å². The predicted molar refractivity (Wildman–Crippen MR) is 82.9 cm³/mol. The van der Waals surface area contributed by atoms with Crippen LogP contribution >= 0.6 is 0 Å². The van der Waals surface area contributed by atoms with Crippen molar-refractivity contribution in [3.05, 3.63) is 36.2 Å². The highest BCUT2D eigenvalue weighted by atomic mass is 16.5. The van der Waals surface area contributed by atoms with Crippen molar-refractivity contribution in [1.29, 1.82) is 0 Å². The number of quaternary nitrogens is 1. The molecule has 1 aromatic carbocycles. The summed E-state index contributed by atoms with van der Waals surface area (Å²) in [4.78, 5) is 11.0. The first kappa shape index (κ1) is 14.6. The lowest BCUT2D eigenvalue weighted by atomic mass is 9.98.